The van der Waals surface area contributed by atoms with E-state index in [1.165, 1.54) is 12.1 Å². The summed E-state index contributed by atoms with van der Waals surface area (Å²) < 4.78 is 26.3. The van der Waals surface area contributed by atoms with Gasteiger partial charge < -0.3 is 5.32 Å². The number of hydrogen-bond donors (Lipinski definition) is 1. The Bertz CT molecular complexity index is 522. The fraction of sp³-hybridized carbons (Fsp3) is 0.600. The molecule has 0 saturated heterocycles. The van der Waals surface area contributed by atoms with Gasteiger partial charge in [0.15, 0.2) is 0 Å². The van der Waals surface area contributed by atoms with E-state index in [1.807, 2.05) is 0 Å². The Balaban J connectivity index is 2.24. The van der Waals surface area contributed by atoms with Crippen LogP contribution in [0.3, 0.4) is 0 Å². The number of benzene rings is 1. The number of non-ortho nitro benzene ring substituents is 1. The molecule has 3 unspecified atom stereocenters. The van der Waals surface area contributed by atoms with Crippen LogP contribution in [0.1, 0.15) is 45.1 Å². The fourth-order valence-corrected chi connectivity index (χ4v) is 2.96. The molecule has 2 rings (SSSR count). The van der Waals surface area contributed by atoms with Gasteiger partial charge in [0.05, 0.1) is 4.92 Å². The second-order valence-corrected chi connectivity index (χ2v) is 5.85. The van der Waals surface area contributed by atoms with E-state index in [4.69, 9.17) is 0 Å². The van der Waals surface area contributed by atoms with E-state index in [2.05, 4.69) is 19.2 Å². The molecular weight excluding hydrogens is 278 g/mol. The molecule has 1 saturated carbocycles. The second kappa shape index (κ2) is 6.37. The van der Waals surface area contributed by atoms with E-state index in [1.54, 1.807) is 0 Å². The highest BCUT2D eigenvalue weighted by Gasteiger charge is 2.28. The van der Waals surface area contributed by atoms with Crippen molar-refractivity contribution >= 4 is 11.4 Å². The standard InChI is InChI=1S/C15H20F2N2O2/c1-9-4-3-5-13(10(9)2)18-14-7-6-11(19(20)21)8-12(14)15(16)17/h6-10,13,15,18H,3-5H2,1-2H3. The Labute approximate surface area is 122 Å². The van der Waals surface area contributed by atoms with Gasteiger partial charge in [-0.2, -0.15) is 0 Å². The highest BCUT2D eigenvalue weighted by Crippen LogP contribution is 2.35. The molecule has 0 heterocycles. The lowest BCUT2D eigenvalue weighted by molar-refractivity contribution is -0.385. The molecule has 3 atom stereocenters. The molecule has 0 amide bonds. The van der Waals surface area contributed by atoms with E-state index < -0.39 is 11.3 Å². The molecule has 0 spiro atoms. The highest BCUT2D eigenvalue weighted by atomic mass is 19.3. The Morgan fingerprint density at radius 2 is 2.05 bits per heavy atom. The number of alkyl halides is 2. The van der Waals surface area contributed by atoms with Gasteiger partial charge in [-0.25, -0.2) is 8.78 Å². The molecule has 1 aliphatic carbocycles. The zero-order chi connectivity index (χ0) is 15.6. The van der Waals surface area contributed by atoms with E-state index >= 15 is 0 Å². The molecule has 1 fully saturated rings. The molecule has 1 aromatic rings. The van der Waals surface area contributed by atoms with Crippen molar-refractivity contribution in [2.75, 3.05) is 5.32 Å². The third-order valence-electron chi connectivity index (χ3n) is 4.53. The Hall–Kier alpha value is -1.72. The third kappa shape index (κ3) is 3.49. The molecule has 116 valence electrons. The predicted molar refractivity (Wildman–Crippen MR) is 77.6 cm³/mol. The number of hydrogen-bond acceptors (Lipinski definition) is 3. The van der Waals surface area contributed by atoms with Gasteiger partial charge in [0.25, 0.3) is 12.1 Å². The number of rotatable bonds is 4. The van der Waals surface area contributed by atoms with Crippen molar-refractivity contribution in [3.05, 3.63) is 33.9 Å². The predicted octanol–water partition coefficient (Wildman–Crippen LogP) is 4.77. The van der Waals surface area contributed by atoms with Crippen LogP contribution < -0.4 is 5.32 Å². The van der Waals surface area contributed by atoms with Crippen LogP contribution in [0.4, 0.5) is 20.2 Å². The van der Waals surface area contributed by atoms with Crippen LogP contribution in [0.2, 0.25) is 0 Å². The minimum atomic E-state index is -2.73. The number of nitrogens with zero attached hydrogens (tertiary/aromatic N) is 1. The number of nitro benzene ring substituents is 1. The van der Waals surface area contributed by atoms with Crippen molar-refractivity contribution in [2.45, 2.75) is 45.6 Å². The number of nitro groups is 1. The number of nitrogens with one attached hydrogen (secondary N) is 1. The van der Waals surface area contributed by atoms with Crippen LogP contribution in [0.5, 0.6) is 0 Å². The normalized spacial score (nSPS) is 25.9. The van der Waals surface area contributed by atoms with E-state index in [0.717, 1.165) is 25.3 Å². The SMILES string of the molecule is CC1CCCC(Nc2ccc([N+](=O)[O-])cc2C(F)F)C1C. The zero-order valence-corrected chi connectivity index (χ0v) is 12.2. The van der Waals surface area contributed by atoms with Crippen molar-refractivity contribution < 1.29 is 13.7 Å². The van der Waals surface area contributed by atoms with Gasteiger partial charge in [0.2, 0.25) is 0 Å². The zero-order valence-electron chi connectivity index (χ0n) is 12.2. The summed E-state index contributed by atoms with van der Waals surface area (Å²) in [6.07, 6.45) is 0.427. The highest BCUT2D eigenvalue weighted by molar-refractivity contribution is 5.57. The molecule has 0 bridgehead atoms. The topological polar surface area (TPSA) is 55.2 Å². The lowest BCUT2D eigenvalue weighted by atomic mass is 9.78. The maximum absolute atomic E-state index is 13.1. The Morgan fingerprint density at radius 1 is 1.33 bits per heavy atom. The fourth-order valence-electron chi connectivity index (χ4n) is 2.96. The summed E-state index contributed by atoms with van der Waals surface area (Å²) in [6, 6.07) is 3.76. The summed E-state index contributed by atoms with van der Waals surface area (Å²) in [5.74, 6) is 0.934. The number of halogens is 2. The first-order chi connectivity index (χ1) is 9.90. The molecule has 0 aromatic heterocycles. The first-order valence-corrected chi connectivity index (χ1v) is 7.23. The molecule has 0 aliphatic heterocycles. The maximum Gasteiger partial charge on any atom is 0.270 e. The van der Waals surface area contributed by atoms with Crippen molar-refractivity contribution in [3.63, 3.8) is 0 Å². The van der Waals surface area contributed by atoms with Crippen LogP contribution in [0.15, 0.2) is 18.2 Å². The third-order valence-corrected chi connectivity index (χ3v) is 4.53. The lowest BCUT2D eigenvalue weighted by Gasteiger charge is -2.35. The average molecular weight is 298 g/mol. The van der Waals surface area contributed by atoms with Gasteiger partial charge in [-0.3, -0.25) is 10.1 Å². The summed E-state index contributed by atoms with van der Waals surface area (Å²) in [7, 11) is 0. The summed E-state index contributed by atoms with van der Waals surface area (Å²) in [4.78, 5) is 10.1. The molecule has 0 radical (unpaired) electrons. The smallest absolute Gasteiger partial charge is 0.270 e. The molecule has 6 heteroatoms. The monoisotopic (exact) mass is 298 g/mol. The van der Waals surface area contributed by atoms with Crippen LogP contribution in [-0.4, -0.2) is 11.0 Å². The minimum Gasteiger partial charge on any atom is -0.382 e. The molecule has 1 aliphatic rings. The molecule has 1 N–H and O–H groups in total. The van der Waals surface area contributed by atoms with Crippen LogP contribution >= 0.6 is 0 Å². The lowest BCUT2D eigenvalue weighted by Crippen LogP contribution is -2.35. The summed E-state index contributed by atoms with van der Waals surface area (Å²) in [5.41, 5.74) is -0.294. The Kier molecular flexibility index (Phi) is 4.75. The largest absolute Gasteiger partial charge is 0.382 e. The van der Waals surface area contributed by atoms with Crippen molar-refractivity contribution in [3.8, 4) is 0 Å². The minimum absolute atomic E-state index is 0.132. The van der Waals surface area contributed by atoms with E-state index in [-0.39, 0.29) is 17.3 Å². The van der Waals surface area contributed by atoms with Crippen LogP contribution in [0, 0.1) is 22.0 Å². The van der Waals surface area contributed by atoms with Crippen molar-refractivity contribution in [2.24, 2.45) is 11.8 Å². The van der Waals surface area contributed by atoms with Crippen LogP contribution in [-0.2, 0) is 0 Å². The summed E-state index contributed by atoms with van der Waals surface area (Å²) >= 11 is 0. The van der Waals surface area contributed by atoms with Gasteiger partial charge >= 0.3 is 0 Å². The molecule has 21 heavy (non-hydrogen) atoms. The molecule has 1 aromatic carbocycles. The van der Waals surface area contributed by atoms with E-state index in [9.17, 15) is 18.9 Å². The first-order valence-electron chi connectivity index (χ1n) is 7.23. The first kappa shape index (κ1) is 15.7. The van der Waals surface area contributed by atoms with Crippen molar-refractivity contribution in [1.82, 2.24) is 0 Å². The molecular formula is C15H20F2N2O2. The van der Waals surface area contributed by atoms with Gasteiger partial charge in [-0.15, -0.1) is 0 Å². The summed E-state index contributed by atoms with van der Waals surface area (Å²) in [5, 5.41) is 13.9. The van der Waals surface area contributed by atoms with Crippen LogP contribution in [0.25, 0.3) is 0 Å². The van der Waals surface area contributed by atoms with Gasteiger partial charge in [0, 0.05) is 29.4 Å². The second-order valence-electron chi connectivity index (χ2n) is 5.85. The van der Waals surface area contributed by atoms with Gasteiger partial charge in [-0.05, 0) is 24.3 Å². The molecule has 4 nitrogen and oxygen atoms in total. The maximum atomic E-state index is 13.1. The van der Waals surface area contributed by atoms with Crippen molar-refractivity contribution in [1.29, 1.82) is 0 Å². The van der Waals surface area contributed by atoms with E-state index in [0.29, 0.717) is 17.5 Å². The number of anilines is 1. The Morgan fingerprint density at radius 3 is 2.67 bits per heavy atom. The van der Waals surface area contributed by atoms with Gasteiger partial charge in [0.1, 0.15) is 0 Å². The summed E-state index contributed by atoms with van der Waals surface area (Å²) in [6.45, 7) is 4.29. The van der Waals surface area contributed by atoms with Gasteiger partial charge in [-0.1, -0.05) is 26.7 Å². The average Bonchev–Trinajstić information content (AvgIpc) is 2.43. The quantitative estimate of drug-likeness (QED) is 0.643.